The van der Waals surface area contributed by atoms with E-state index >= 15 is 0 Å². The standard InChI is InChI=1S/C20H27F2NO3/c1-3-14(10-24)18(25)23-11-20(12-23)7-6-15(9-20)17-8-16(26-19(21)22)5-4-13(17)2/h4-5,8,14-15,19,24H,3,6-7,9-12H2,1-2H3/t14-,15?/m1/s1. The monoisotopic (exact) mass is 367 g/mol. The number of alkyl halides is 2. The number of aryl methyl sites for hydroxylation is 1. The van der Waals surface area contributed by atoms with E-state index in [4.69, 9.17) is 0 Å². The molecule has 3 rings (SSSR count). The van der Waals surface area contributed by atoms with Gasteiger partial charge in [0.25, 0.3) is 0 Å². The average Bonchev–Trinajstić information content (AvgIpc) is 3.01. The van der Waals surface area contributed by atoms with Crippen molar-refractivity contribution in [2.75, 3.05) is 19.7 Å². The Balaban J connectivity index is 1.64. The zero-order valence-corrected chi connectivity index (χ0v) is 15.4. The van der Waals surface area contributed by atoms with E-state index in [1.807, 2.05) is 24.8 Å². The van der Waals surface area contributed by atoms with Crippen LogP contribution in [0.15, 0.2) is 18.2 Å². The summed E-state index contributed by atoms with van der Waals surface area (Å²) in [5.74, 6) is 0.275. The van der Waals surface area contributed by atoms with Gasteiger partial charge in [0.15, 0.2) is 0 Å². The molecule has 1 unspecified atom stereocenters. The fraction of sp³-hybridized carbons (Fsp3) is 0.650. The van der Waals surface area contributed by atoms with Crippen molar-refractivity contribution in [3.05, 3.63) is 29.3 Å². The lowest BCUT2D eigenvalue weighted by atomic mass is 9.76. The van der Waals surface area contributed by atoms with Gasteiger partial charge in [-0.2, -0.15) is 8.78 Å². The molecule has 1 aromatic carbocycles. The second-order valence-electron chi connectivity index (χ2n) is 7.82. The van der Waals surface area contributed by atoms with Crippen LogP contribution < -0.4 is 4.74 Å². The number of benzene rings is 1. The predicted octanol–water partition coefficient (Wildman–Crippen LogP) is 3.71. The van der Waals surface area contributed by atoms with Crippen LogP contribution in [0.3, 0.4) is 0 Å². The topological polar surface area (TPSA) is 49.8 Å². The van der Waals surface area contributed by atoms with Gasteiger partial charge in [-0.05, 0) is 61.8 Å². The first-order valence-corrected chi connectivity index (χ1v) is 9.32. The highest BCUT2D eigenvalue weighted by Gasteiger charge is 2.50. The average molecular weight is 367 g/mol. The SMILES string of the molecule is CC[C@H](CO)C(=O)N1CC2(CCC(c3cc(OC(F)F)ccc3C)C2)C1. The Morgan fingerprint density at radius 3 is 2.77 bits per heavy atom. The van der Waals surface area contributed by atoms with Crippen molar-refractivity contribution < 1.29 is 23.4 Å². The number of amides is 1. The van der Waals surface area contributed by atoms with Crippen molar-refractivity contribution in [1.29, 1.82) is 0 Å². The number of hydrogen-bond donors (Lipinski definition) is 1. The van der Waals surface area contributed by atoms with Crippen molar-refractivity contribution in [2.45, 2.75) is 52.1 Å². The highest BCUT2D eigenvalue weighted by molar-refractivity contribution is 5.80. The second kappa shape index (κ2) is 7.51. The minimum Gasteiger partial charge on any atom is -0.435 e. The Labute approximate surface area is 153 Å². The first-order chi connectivity index (χ1) is 12.4. The molecular formula is C20H27F2NO3. The Morgan fingerprint density at radius 1 is 1.42 bits per heavy atom. The number of aliphatic hydroxyl groups is 1. The van der Waals surface area contributed by atoms with Gasteiger partial charge in [0.2, 0.25) is 5.91 Å². The Morgan fingerprint density at radius 2 is 2.15 bits per heavy atom. The lowest BCUT2D eigenvalue weighted by molar-refractivity contribution is -0.149. The zero-order chi connectivity index (χ0) is 18.9. The molecule has 6 heteroatoms. The van der Waals surface area contributed by atoms with Crippen LogP contribution in [-0.2, 0) is 4.79 Å². The molecule has 26 heavy (non-hydrogen) atoms. The summed E-state index contributed by atoms with van der Waals surface area (Å²) in [7, 11) is 0. The summed E-state index contributed by atoms with van der Waals surface area (Å²) >= 11 is 0. The largest absolute Gasteiger partial charge is 0.435 e. The summed E-state index contributed by atoms with van der Waals surface area (Å²) in [6.07, 6.45) is 3.65. The minimum absolute atomic E-state index is 0.0487. The number of carbonyl (C=O) groups excluding carboxylic acids is 1. The van der Waals surface area contributed by atoms with Crippen LogP contribution in [-0.4, -0.2) is 42.2 Å². The zero-order valence-electron chi connectivity index (χ0n) is 15.4. The molecule has 1 aromatic rings. The highest BCUT2D eigenvalue weighted by atomic mass is 19.3. The number of halogens is 2. The Bertz CT molecular complexity index is 654. The third kappa shape index (κ3) is 3.70. The molecule has 1 aliphatic heterocycles. The van der Waals surface area contributed by atoms with E-state index in [1.54, 1.807) is 12.1 Å². The van der Waals surface area contributed by atoms with E-state index in [0.717, 1.165) is 43.5 Å². The van der Waals surface area contributed by atoms with Crippen molar-refractivity contribution in [1.82, 2.24) is 4.90 Å². The molecule has 2 fully saturated rings. The van der Waals surface area contributed by atoms with E-state index in [0.29, 0.717) is 12.3 Å². The van der Waals surface area contributed by atoms with Crippen LogP contribution in [0.25, 0.3) is 0 Å². The van der Waals surface area contributed by atoms with Crippen molar-refractivity contribution >= 4 is 5.91 Å². The number of nitrogens with zero attached hydrogens (tertiary/aromatic N) is 1. The molecule has 0 aromatic heterocycles. The van der Waals surface area contributed by atoms with E-state index in [2.05, 4.69) is 4.74 Å². The van der Waals surface area contributed by atoms with E-state index in [9.17, 15) is 18.7 Å². The third-order valence-corrected chi connectivity index (χ3v) is 6.04. The predicted molar refractivity (Wildman–Crippen MR) is 94.3 cm³/mol. The van der Waals surface area contributed by atoms with Crippen LogP contribution in [0.1, 0.15) is 49.7 Å². The molecule has 2 aliphatic rings. The molecule has 1 saturated heterocycles. The van der Waals surface area contributed by atoms with Gasteiger partial charge in [-0.15, -0.1) is 0 Å². The smallest absolute Gasteiger partial charge is 0.387 e. The quantitative estimate of drug-likeness (QED) is 0.834. The summed E-state index contributed by atoms with van der Waals surface area (Å²) in [6, 6.07) is 5.16. The van der Waals surface area contributed by atoms with Gasteiger partial charge in [-0.3, -0.25) is 4.79 Å². The van der Waals surface area contributed by atoms with Crippen LogP contribution in [0.2, 0.25) is 0 Å². The molecule has 1 amide bonds. The molecule has 1 heterocycles. The maximum Gasteiger partial charge on any atom is 0.387 e. The number of ether oxygens (including phenoxy) is 1. The lowest BCUT2D eigenvalue weighted by Gasteiger charge is -2.49. The van der Waals surface area contributed by atoms with E-state index in [-0.39, 0.29) is 29.6 Å². The van der Waals surface area contributed by atoms with E-state index < -0.39 is 6.61 Å². The van der Waals surface area contributed by atoms with Crippen molar-refractivity contribution in [3.8, 4) is 5.75 Å². The van der Waals surface area contributed by atoms with Crippen LogP contribution in [0.4, 0.5) is 8.78 Å². The highest BCUT2D eigenvalue weighted by Crippen LogP contribution is 2.52. The van der Waals surface area contributed by atoms with Gasteiger partial charge >= 0.3 is 6.61 Å². The van der Waals surface area contributed by atoms with Gasteiger partial charge < -0.3 is 14.7 Å². The lowest BCUT2D eigenvalue weighted by Crippen LogP contribution is -2.58. The van der Waals surface area contributed by atoms with Crippen molar-refractivity contribution in [2.24, 2.45) is 11.3 Å². The summed E-state index contributed by atoms with van der Waals surface area (Å²) in [5, 5.41) is 9.32. The number of aliphatic hydroxyl groups excluding tert-OH is 1. The maximum atomic E-state index is 12.5. The normalized spacial score (nSPS) is 22.5. The summed E-state index contributed by atoms with van der Waals surface area (Å²) in [5.41, 5.74) is 2.30. The van der Waals surface area contributed by atoms with Gasteiger partial charge in [0.05, 0.1) is 12.5 Å². The third-order valence-electron chi connectivity index (χ3n) is 6.04. The molecule has 1 aliphatic carbocycles. The van der Waals surface area contributed by atoms with Crippen LogP contribution in [0, 0.1) is 18.3 Å². The molecule has 4 nitrogen and oxygen atoms in total. The first-order valence-electron chi connectivity index (χ1n) is 9.32. The molecule has 2 atom stereocenters. The van der Waals surface area contributed by atoms with Gasteiger partial charge in [-0.25, -0.2) is 0 Å². The molecular weight excluding hydrogens is 340 g/mol. The number of rotatable bonds is 6. The van der Waals surface area contributed by atoms with Gasteiger partial charge in [-0.1, -0.05) is 13.0 Å². The second-order valence-corrected chi connectivity index (χ2v) is 7.82. The van der Waals surface area contributed by atoms with Gasteiger partial charge in [0, 0.05) is 18.5 Å². The molecule has 144 valence electrons. The van der Waals surface area contributed by atoms with Crippen molar-refractivity contribution in [3.63, 3.8) is 0 Å². The molecule has 1 spiro atoms. The fourth-order valence-corrected chi connectivity index (χ4v) is 4.55. The molecule has 0 bridgehead atoms. The maximum absolute atomic E-state index is 12.5. The first kappa shape index (κ1) is 19.1. The summed E-state index contributed by atoms with van der Waals surface area (Å²) in [6.45, 7) is 2.48. The Kier molecular flexibility index (Phi) is 5.51. The fourth-order valence-electron chi connectivity index (χ4n) is 4.55. The number of hydrogen-bond acceptors (Lipinski definition) is 3. The number of likely N-dealkylation sites (tertiary alicyclic amines) is 1. The summed E-state index contributed by atoms with van der Waals surface area (Å²) < 4.78 is 29.5. The van der Waals surface area contributed by atoms with Crippen LogP contribution >= 0.6 is 0 Å². The molecule has 0 radical (unpaired) electrons. The Hall–Kier alpha value is -1.69. The number of carbonyl (C=O) groups is 1. The van der Waals surface area contributed by atoms with E-state index in [1.165, 1.54) is 0 Å². The van der Waals surface area contributed by atoms with Gasteiger partial charge in [0.1, 0.15) is 5.75 Å². The minimum atomic E-state index is -2.82. The molecule has 1 N–H and O–H groups in total. The molecule has 1 saturated carbocycles. The van der Waals surface area contributed by atoms with Crippen LogP contribution in [0.5, 0.6) is 5.75 Å². The summed E-state index contributed by atoms with van der Waals surface area (Å²) in [4.78, 5) is 14.2.